The van der Waals surface area contributed by atoms with E-state index in [-0.39, 0.29) is 73.5 Å². The van der Waals surface area contributed by atoms with Crippen molar-refractivity contribution in [3.63, 3.8) is 0 Å². The standard InChI is InChI=1S/C19H24O5S.K/c1-2-3-4-5-6-8-15-11-12-18(20)19(13-15)24-16-9-7-10-17(14-16)25(21,22)23;/h7,9-14,20H,2-6,8H2,1H3,(H,21,22,23);/q;+1/p-1. The van der Waals surface area contributed by atoms with E-state index in [0.29, 0.717) is 0 Å². The van der Waals surface area contributed by atoms with Gasteiger partial charge in [-0.25, -0.2) is 0 Å². The Morgan fingerprint density at radius 2 is 1.77 bits per heavy atom. The van der Waals surface area contributed by atoms with Crippen LogP contribution in [0.4, 0.5) is 0 Å². The molecule has 0 heterocycles. The second-order valence-electron chi connectivity index (χ2n) is 6.00. The summed E-state index contributed by atoms with van der Waals surface area (Å²) in [5.74, 6) is 0.0675. The third-order valence-corrected chi connectivity index (χ3v) is 4.76. The molecule has 26 heavy (non-hydrogen) atoms. The number of unbranched alkanes of at least 4 members (excludes halogenated alkanes) is 4. The zero-order chi connectivity index (χ0) is 18.3. The zero-order valence-electron chi connectivity index (χ0n) is 15.3. The molecule has 0 fully saturated rings. The zero-order valence-corrected chi connectivity index (χ0v) is 19.2. The fraction of sp³-hybridized carbons (Fsp3) is 0.368. The van der Waals surface area contributed by atoms with Crippen LogP contribution in [0.5, 0.6) is 17.2 Å². The average molecular weight is 403 g/mol. The summed E-state index contributed by atoms with van der Waals surface area (Å²) >= 11 is 0. The van der Waals surface area contributed by atoms with Crippen LogP contribution < -0.4 is 61.2 Å². The summed E-state index contributed by atoms with van der Waals surface area (Å²) in [4.78, 5) is -0.274. The molecule has 7 heteroatoms. The Morgan fingerprint density at radius 1 is 1.04 bits per heavy atom. The second kappa shape index (κ2) is 11.4. The van der Waals surface area contributed by atoms with Crippen LogP contribution in [-0.2, 0) is 16.5 Å². The predicted octanol–water partition coefficient (Wildman–Crippen LogP) is 1.32. The summed E-state index contributed by atoms with van der Waals surface area (Å²) < 4.78 is 37.0. The molecule has 0 atom stereocenters. The van der Waals surface area contributed by atoms with Crippen LogP contribution in [-0.4, -0.2) is 13.0 Å². The van der Waals surface area contributed by atoms with Crippen molar-refractivity contribution in [2.75, 3.05) is 0 Å². The van der Waals surface area contributed by atoms with Gasteiger partial charge in [0.2, 0.25) is 0 Å². The van der Waals surface area contributed by atoms with E-state index in [0.717, 1.165) is 24.8 Å². The van der Waals surface area contributed by atoms with Gasteiger partial charge in [-0.2, -0.15) is 8.42 Å². The maximum absolute atomic E-state index is 12.0. The smallest absolute Gasteiger partial charge is 0.870 e. The number of hydrogen-bond donors (Lipinski definition) is 1. The van der Waals surface area contributed by atoms with Crippen LogP contribution in [0, 0.1) is 0 Å². The number of rotatable bonds is 9. The maximum Gasteiger partial charge on any atom is 1.00 e. The third-order valence-electron chi connectivity index (χ3n) is 3.91. The Morgan fingerprint density at radius 3 is 2.46 bits per heavy atom. The van der Waals surface area contributed by atoms with Gasteiger partial charge in [0.05, 0.1) is 4.90 Å². The van der Waals surface area contributed by atoms with Crippen molar-refractivity contribution >= 4 is 10.1 Å². The third kappa shape index (κ3) is 7.68. The molecule has 0 aliphatic carbocycles. The van der Waals surface area contributed by atoms with E-state index in [1.807, 2.05) is 0 Å². The molecular weight excluding hydrogens is 379 g/mol. The molecule has 0 spiro atoms. The molecule has 2 rings (SSSR count). The number of ether oxygens (including phenoxy) is 1. The number of hydrogen-bond acceptors (Lipinski definition) is 4. The van der Waals surface area contributed by atoms with E-state index in [1.165, 1.54) is 49.6 Å². The summed E-state index contributed by atoms with van der Waals surface area (Å²) in [6.07, 6.45) is 6.71. The fourth-order valence-corrected chi connectivity index (χ4v) is 3.06. The second-order valence-corrected chi connectivity index (χ2v) is 7.42. The normalized spacial score (nSPS) is 11.0. The Hall–Kier alpha value is -0.414. The molecule has 136 valence electrons. The molecule has 0 aliphatic heterocycles. The summed E-state index contributed by atoms with van der Waals surface area (Å²) in [6.45, 7) is 2.17. The first-order valence-electron chi connectivity index (χ1n) is 8.45. The molecule has 0 aliphatic rings. The average Bonchev–Trinajstić information content (AvgIpc) is 2.57. The number of benzene rings is 2. The predicted molar refractivity (Wildman–Crippen MR) is 94.7 cm³/mol. The summed E-state index contributed by atoms with van der Waals surface area (Å²) in [7, 11) is -4.31. The largest absolute Gasteiger partial charge is 1.00 e. The molecule has 0 unspecified atom stereocenters. The molecular formula is C19H23KO5S. The van der Waals surface area contributed by atoms with Crippen molar-refractivity contribution in [1.82, 2.24) is 0 Å². The van der Waals surface area contributed by atoms with Crippen LogP contribution in [0.2, 0.25) is 0 Å². The minimum atomic E-state index is -4.31. The molecule has 0 saturated heterocycles. The van der Waals surface area contributed by atoms with Crippen LogP contribution >= 0.6 is 0 Å². The first-order valence-corrected chi connectivity index (χ1v) is 9.89. The van der Waals surface area contributed by atoms with Gasteiger partial charge in [-0.15, -0.1) is 0 Å². The number of aryl methyl sites for hydroxylation is 1. The summed E-state index contributed by atoms with van der Waals surface area (Å²) in [6, 6.07) is 10.4. The van der Waals surface area contributed by atoms with Crippen molar-refractivity contribution in [3.8, 4) is 17.2 Å². The first kappa shape index (κ1) is 23.6. The van der Waals surface area contributed by atoms with E-state index >= 15 is 0 Å². The van der Waals surface area contributed by atoms with E-state index in [1.54, 1.807) is 12.1 Å². The molecule has 1 N–H and O–H groups in total. The topological polar surface area (TPSA) is 86.7 Å². The van der Waals surface area contributed by atoms with E-state index in [4.69, 9.17) is 9.29 Å². The summed E-state index contributed by atoms with van der Waals surface area (Å²) in [5.41, 5.74) is 1.01. The van der Waals surface area contributed by atoms with Crippen molar-refractivity contribution in [2.45, 2.75) is 50.3 Å². The van der Waals surface area contributed by atoms with Gasteiger partial charge >= 0.3 is 51.4 Å². The van der Waals surface area contributed by atoms with Crippen molar-refractivity contribution in [3.05, 3.63) is 48.0 Å². The van der Waals surface area contributed by atoms with Crippen LogP contribution in [0.15, 0.2) is 47.4 Å². The molecule has 0 saturated carbocycles. The van der Waals surface area contributed by atoms with Gasteiger partial charge in [0.25, 0.3) is 10.1 Å². The van der Waals surface area contributed by atoms with E-state index in [2.05, 4.69) is 6.92 Å². The van der Waals surface area contributed by atoms with Gasteiger partial charge in [-0.05, 0) is 36.6 Å². The molecule has 0 amide bonds. The molecule has 2 aromatic rings. The molecule has 2 aromatic carbocycles. The quantitative estimate of drug-likeness (QED) is 0.388. The van der Waals surface area contributed by atoms with Gasteiger partial charge in [-0.3, -0.25) is 4.55 Å². The van der Waals surface area contributed by atoms with E-state index in [9.17, 15) is 13.5 Å². The summed E-state index contributed by atoms with van der Waals surface area (Å²) in [5, 5.41) is 12.0. The van der Waals surface area contributed by atoms with Gasteiger partial charge in [0.1, 0.15) is 11.5 Å². The molecule has 5 nitrogen and oxygen atoms in total. The Bertz CT molecular complexity index is 805. The van der Waals surface area contributed by atoms with Crippen LogP contribution in [0.3, 0.4) is 0 Å². The SMILES string of the molecule is CCCCCCCc1ccc([O-])c(Oc2cccc(S(=O)(=O)O)c2)c1.[K+]. The Labute approximate surface area is 198 Å². The minimum Gasteiger partial charge on any atom is -0.870 e. The Balaban J connectivity index is 0.00000338. The van der Waals surface area contributed by atoms with Gasteiger partial charge in [-0.1, -0.05) is 56.6 Å². The Kier molecular flexibility index (Phi) is 10.4. The van der Waals surface area contributed by atoms with Crippen LogP contribution in [0.25, 0.3) is 0 Å². The maximum atomic E-state index is 12.0. The van der Waals surface area contributed by atoms with Gasteiger partial charge in [0.15, 0.2) is 0 Å². The van der Waals surface area contributed by atoms with Crippen molar-refractivity contribution in [2.24, 2.45) is 0 Å². The minimum absolute atomic E-state index is 0. The monoisotopic (exact) mass is 402 g/mol. The van der Waals surface area contributed by atoms with Gasteiger partial charge < -0.3 is 9.84 Å². The van der Waals surface area contributed by atoms with Crippen molar-refractivity contribution in [1.29, 1.82) is 0 Å². The molecule has 0 aromatic heterocycles. The van der Waals surface area contributed by atoms with Gasteiger partial charge in [0, 0.05) is 6.07 Å². The van der Waals surface area contributed by atoms with Crippen molar-refractivity contribution < 1.29 is 74.2 Å². The van der Waals surface area contributed by atoms with Crippen LogP contribution in [0.1, 0.15) is 44.6 Å². The fourth-order valence-electron chi connectivity index (χ4n) is 2.55. The molecule has 0 radical (unpaired) electrons. The first-order chi connectivity index (χ1) is 11.9. The molecule has 0 bridgehead atoms. The van der Waals surface area contributed by atoms with E-state index < -0.39 is 10.1 Å².